The van der Waals surface area contributed by atoms with E-state index in [0.29, 0.717) is 11.3 Å². The van der Waals surface area contributed by atoms with E-state index in [-0.39, 0.29) is 12.4 Å². The van der Waals surface area contributed by atoms with Crippen molar-refractivity contribution in [1.29, 1.82) is 0 Å². The van der Waals surface area contributed by atoms with Crippen molar-refractivity contribution in [1.82, 2.24) is 0 Å². The van der Waals surface area contributed by atoms with Gasteiger partial charge in [-0.2, -0.15) is 0 Å². The highest BCUT2D eigenvalue weighted by atomic mass is 32.2. The summed E-state index contributed by atoms with van der Waals surface area (Å²) in [5.74, 6) is -0.164. The van der Waals surface area contributed by atoms with Crippen LogP contribution in [-0.2, 0) is 6.42 Å². The van der Waals surface area contributed by atoms with Crippen LogP contribution in [0, 0.1) is 5.82 Å². The number of benzene rings is 1. The molecule has 72 valence electrons. The SMILES string of the molecule is CSc1ccc(CCCO)cc1F. The van der Waals surface area contributed by atoms with Crippen LogP contribution >= 0.6 is 11.8 Å². The molecule has 13 heavy (non-hydrogen) atoms. The molecule has 0 saturated carbocycles. The number of thioether (sulfide) groups is 1. The summed E-state index contributed by atoms with van der Waals surface area (Å²) in [6.45, 7) is 0.159. The molecule has 0 atom stereocenters. The van der Waals surface area contributed by atoms with Crippen molar-refractivity contribution < 1.29 is 9.50 Å². The highest BCUT2D eigenvalue weighted by Gasteiger charge is 2.01. The lowest BCUT2D eigenvalue weighted by atomic mass is 10.1. The Balaban J connectivity index is 2.71. The van der Waals surface area contributed by atoms with Crippen molar-refractivity contribution in [2.45, 2.75) is 17.7 Å². The molecule has 0 spiro atoms. The Hall–Kier alpha value is -0.540. The van der Waals surface area contributed by atoms with Crippen LogP contribution in [0.3, 0.4) is 0 Å². The molecule has 0 unspecified atom stereocenters. The van der Waals surface area contributed by atoms with E-state index in [1.165, 1.54) is 11.8 Å². The summed E-state index contributed by atoms with van der Waals surface area (Å²) in [6, 6.07) is 5.23. The first kappa shape index (κ1) is 10.5. The van der Waals surface area contributed by atoms with Crippen molar-refractivity contribution in [2.24, 2.45) is 0 Å². The van der Waals surface area contributed by atoms with Gasteiger partial charge in [0.15, 0.2) is 0 Å². The van der Waals surface area contributed by atoms with E-state index in [0.717, 1.165) is 12.0 Å². The average Bonchev–Trinajstić information content (AvgIpc) is 2.15. The molecule has 0 fully saturated rings. The lowest BCUT2D eigenvalue weighted by Gasteiger charge is -2.02. The van der Waals surface area contributed by atoms with Gasteiger partial charge in [-0.25, -0.2) is 4.39 Å². The van der Waals surface area contributed by atoms with Gasteiger partial charge in [-0.3, -0.25) is 0 Å². The molecular weight excluding hydrogens is 187 g/mol. The summed E-state index contributed by atoms with van der Waals surface area (Å²) >= 11 is 1.40. The zero-order valence-electron chi connectivity index (χ0n) is 7.59. The van der Waals surface area contributed by atoms with Gasteiger partial charge in [-0.15, -0.1) is 11.8 Å². The number of rotatable bonds is 4. The third kappa shape index (κ3) is 3.01. The Morgan fingerprint density at radius 3 is 2.77 bits per heavy atom. The van der Waals surface area contributed by atoms with Crippen LogP contribution in [0.15, 0.2) is 23.1 Å². The predicted molar refractivity (Wildman–Crippen MR) is 53.6 cm³/mol. The average molecular weight is 200 g/mol. The molecule has 1 nitrogen and oxygen atoms in total. The number of hydrogen-bond donors (Lipinski definition) is 1. The predicted octanol–water partition coefficient (Wildman–Crippen LogP) is 2.47. The van der Waals surface area contributed by atoms with E-state index in [1.807, 2.05) is 12.3 Å². The van der Waals surface area contributed by atoms with Gasteiger partial charge in [-0.1, -0.05) is 6.07 Å². The van der Waals surface area contributed by atoms with Crippen LogP contribution in [0.2, 0.25) is 0 Å². The molecule has 0 bridgehead atoms. The van der Waals surface area contributed by atoms with Crippen molar-refractivity contribution >= 4 is 11.8 Å². The van der Waals surface area contributed by atoms with Crippen molar-refractivity contribution in [3.05, 3.63) is 29.6 Å². The van der Waals surface area contributed by atoms with E-state index < -0.39 is 0 Å². The molecule has 1 rings (SSSR count). The van der Waals surface area contributed by atoms with Crippen LogP contribution < -0.4 is 0 Å². The fourth-order valence-electron chi connectivity index (χ4n) is 1.15. The van der Waals surface area contributed by atoms with Crippen LogP contribution in [0.4, 0.5) is 4.39 Å². The van der Waals surface area contributed by atoms with Gasteiger partial charge in [0, 0.05) is 11.5 Å². The number of aryl methyl sites for hydroxylation is 1. The first-order valence-electron chi connectivity index (χ1n) is 4.21. The second kappa shape index (κ2) is 5.25. The van der Waals surface area contributed by atoms with Gasteiger partial charge in [0.2, 0.25) is 0 Å². The maximum atomic E-state index is 13.2. The smallest absolute Gasteiger partial charge is 0.137 e. The Morgan fingerprint density at radius 1 is 1.46 bits per heavy atom. The minimum atomic E-state index is -0.164. The third-order valence-corrected chi connectivity index (χ3v) is 2.61. The quantitative estimate of drug-likeness (QED) is 0.753. The molecule has 1 aromatic rings. The molecule has 1 aromatic carbocycles. The largest absolute Gasteiger partial charge is 0.396 e. The molecular formula is C10H13FOS. The first-order valence-corrected chi connectivity index (χ1v) is 5.43. The van der Waals surface area contributed by atoms with E-state index in [1.54, 1.807) is 12.1 Å². The highest BCUT2D eigenvalue weighted by molar-refractivity contribution is 7.98. The summed E-state index contributed by atoms with van der Waals surface area (Å²) in [6.07, 6.45) is 3.28. The third-order valence-electron chi connectivity index (χ3n) is 1.84. The normalized spacial score (nSPS) is 10.4. The summed E-state index contributed by atoms with van der Waals surface area (Å²) in [4.78, 5) is 0.674. The van der Waals surface area contributed by atoms with Gasteiger partial charge >= 0.3 is 0 Å². The van der Waals surface area contributed by atoms with Crippen molar-refractivity contribution in [3.63, 3.8) is 0 Å². The monoisotopic (exact) mass is 200 g/mol. The number of halogens is 1. The summed E-state index contributed by atoms with van der Waals surface area (Å²) in [5.41, 5.74) is 0.948. The topological polar surface area (TPSA) is 20.2 Å². The Labute approximate surface area is 82.0 Å². The van der Waals surface area contributed by atoms with Crippen molar-refractivity contribution in [3.8, 4) is 0 Å². The number of aliphatic hydroxyl groups excluding tert-OH is 1. The molecule has 0 aliphatic heterocycles. The molecule has 0 radical (unpaired) electrons. The number of aliphatic hydroxyl groups is 1. The summed E-state index contributed by atoms with van der Waals surface area (Å²) in [5, 5.41) is 8.60. The van der Waals surface area contributed by atoms with Crippen LogP contribution in [0.1, 0.15) is 12.0 Å². The summed E-state index contributed by atoms with van der Waals surface area (Å²) < 4.78 is 13.2. The van der Waals surface area contributed by atoms with Crippen LogP contribution in [-0.4, -0.2) is 18.0 Å². The maximum absolute atomic E-state index is 13.2. The Kier molecular flexibility index (Phi) is 4.25. The van der Waals surface area contributed by atoms with Gasteiger partial charge in [-0.05, 0) is 36.8 Å². The van der Waals surface area contributed by atoms with E-state index in [2.05, 4.69) is 0 Å². The van der Waals surface area contributed by atoms with Crippen LogP contribution in [0.25, 0.3) is 0 Å². The molecule has 0 amide bonds. The molecule has 0 heterocycles. The maximum Gasteiger partial charge on any atom is 0.137 e. The number of hydrogen-bond acceptors (Lipinski definition) is 2. The molecule has 0 aliphatic carbocycles. The van der Waals surface area contributed by atoms with E-state index in [4.69, 9.17) is 5.11 Å². The standard InChI is InChI=1S/C10H13FOS/c1-13-10-5-4-8(3-2-6-12)7-9(10)11/h4-5,7,12H,2-3,6H2,1H3. The minimum Gasteiger partial charge on any atom is -0.396 e. The van der Waals surface area contributed by atoms with Crippen LogP contribution in [0.5, 0.6) is 0 Å². The zero-order valence-corrected chi connectivity index (χ0v) is 8.40. The molecule has 3 heteroatoms. The second-order valence-electron chi connectivity index (χ2n) is 2.80. The lowest BCUT2D eigenvalue weighted by Crippen LogP contribution is -1.91. The van der Waals surface area contributed by atoms with Gasteiger partial charge in [0.1, 0.15) is 5.82 Å². The Morgan fingerprint density at radius 2 is 2.23 bits per heavy atom. The van der Waals surface area contributed by atoms with Crippen molar-refractivity contribution in [2.75, 3.05) is 12.9 Å². The fourth-order valence-corrected chi connectivity index (χ4v) is 1.61. The molecule has 0 aromatic heterocycles. The first-order chi connectivity index (χ1) is 6.27. The Bertz CT molecular complexity index is 276. The fraction of sp³-hybridized carbons (Fsp3) is 0.400. The van der Waals surface area contributed by atoms with E-state index >= 15 is 0 Å². The summed E-state index contributed by atoms with van der Waals surface area (Å²) in [7, 11) is 0. The van der Waals surface area contributed by atoms with E-state index in [9.17, 15) is 4.39 Å². The molecule has 1 N–H and O–H groups in total. The molecule has 0 saturated heterocycles. The van der Waals surface area contributed by atoms with Gasteiger partial charge in [0.25, 0.3) is 0 Å². The minimum absolute atomic E-state index is 0.159. The lowest BCUT2D eigenvalue weighted by molar-refractivity contribution is 0.288. The molecule has 0 aliphatic rings. The second-order valence-corrected chi connectivity index (χ2v) is 3.64. The zero-order chi connectivity index (χ0) is 9.68. The highest BCUT2D eigenvalue weighted by Crippen LogP contribution is 2.20. The van der Waals surface area contributed by atoms with Gasteiger partial charge < -0.3 is 5.11 Å². The van der Waals surface area contributed by atoms with Gasteiger partial charge in [0.05, 0.1) is 0 Å².